The van der Waals surface area contributed by atoms with Crippen LogP contribution in [-0.2, 0) is 0 Å². The fourth-order valence-corrected chi connectivity index (χ4v) is 0.802. The summed E-state index contributed by atoms with van der Waals surface area (Å²) >= 11 is 1.12. The summed E-state index contributed by atoms with van der Waals surface area (Å²) in [5.74, 6) is -0.958. The van der Waals surface area contributed by atoms with Gasteiger partial charge in [0.25, 0.3) is 0 Å². The Morgan fingerprint density at radius 3 is 2.78 bits per heavy atom. The Morgan fingerprint density at radius 1 is 1.89 bits per heavy atom. The molecular weight excluding hydrogens is 165 g/mol. The van der Waals surface area contributed by atoms with Crippen LogP contribution in [0.5, 0.6) is 0 Å². The van der Waals surface area contributed by atoms with Gasteiger partial charge >= 0.3 is 57.4 Å². The molecule has 0 aliphatic carbocycles. The molecule has 0 saturated heterocycles. The van der Waals surface area contributed by atoms with E-state index in [-0.39, 0.29) is 57.8 Å². The Kier molecular flexibility index (Phi) is 4.91. The third-order valence-electron chi connectivity index (χ3n) is 0.615. The van der Waals surface area contributed by atoms with Crippen LogP contribution < -0.4 is 51.4 Å². The van der Waals surface area contributed by atoms with Crippen LogP contribution in [0.25, 0.3) is 0 Å². The summed E-state index contributed by atoms with van der Waals surface area (Å²) in [6.07, 6.45) is 1.47. The van der Waals surface area contributed by atoms with Gasteiger partial charge in [-0.05, 0) is 0 Å². The maximum Gasteiger partial charge on any atom is 1.00 e. The average Bonchev–Trinajstić information content (AvgIpc) is 2.12. The first-order chi connectivity index (χ1) is 3.80. The molecule has 0 aliphatic heterocycles. The van der Waals surface area contributed by atoms with E-state index in [4.69, 9.17) is 5.11 Å². The quantitative estimate of drug-likeness (QED) is 0.493. The number of rotatable bonds is 1. The van der Waals surface area contributed by atoms with Crippen molar-refractivity contribution in [3.63, 3.8) is 0 Å². The molecule has 44 valence electrons. The summed E-state index contributed by atoms with van der Waals surface area (Å²) in [5, 5.41) is 9.99. The molecular formula is C4H4KNO2S. The van der Waals surface area contributed by atoms with Crippen molar-refractivity contribution >= 4 is 17.3 Å². The van der Waals surface area contributed by atoms with Gasteiger partial charge in [0.1, 0.15) is 0 Å². The first-order valence-corrected chi connectivity index (χ1v) is 2.81. The van der Waals surface area contributed by atoms with Crippen LogP contribution in [0.3, 0.4) is 0 Å². The van der Waals surface area contributed by atoms with E-state index < -0.39 is 5.97 Å². The van der Waals surface area contributed by atoms with Crippen LogP contribution in [-0.4, -0.2) is 16.1 Å². The van der Waals surface area contributed by atoms with Crippen LogP contribution in [0.2, 0.25) is 0 Å². The topological polar surface area (TPSA) is 50.2 Å². The fourth-order valence-electron chi connectivity index (χ4n) is 0.329. The van der Waals surface area contributed by atoms with Crippen molar-refractivity contribution in [2.75, 3.05) is 0 Å². The molecule has 0 atom stereocenters. The molecule has 1 heterocycles. The van der Waals surface area contributed by atoms with E-state index in [1.165, 1.54) is 6.20 Å². The molecule has 1 N–H and O–H groups in total. The standard InChI is InChI=1S/C4H3NO2S.K.H/c6-4(7)3-5-1-2-8-3;;/h1-2H,(H,6,7);;/q;+1;-1. The number of carboxylic acid groups (broad SMARTS) is 1. The molecule has 0 radical (unpaired) electrons. The molecule has 0 aliphatic rings. The van der Waals surface area contributed by atoms with Gasteiger partial charge < -0.3 is 6.53 Å². The molecule has 0 fully saturated rings. The van der Waals surface area contributed by atoms with Crippen LogP contribution in [0, 0.1) is 0 Å². The maximum absolute atomic E-state index is 10.0. The predicted octanol–water partition coefficient (Wildman–Crippen LogP) is -2.04. The van der Waals surface area contributed by atoms with Crippen molar-refractivity contribution in [2.45, 2.75) is 0 Å². The van der Waals surface area contributed by atoms with Gasteiger partial charge in [-0.1, -0.05) is 0 Å². The van der Waals surface area contributed by atoms with Gasteiger partial charge in [-0.25, -0.2) is 9.78 Å². The van der Waals surface area contributed by atoms with Crippen LogP contribution in [0.15, 0.2) is 11.6 Å². The molecule has 1 aromatic heterocycles. The Morgan fingerprint density at radius 2 is 2.56 bits per heavy atom. The van der Waals surface area contributed by atoms with Crippen LogP contribution >= 0.6 is 11.3 Å². The third kappa shape index (κ3) is 2.88. The molecule has 0 saturated carbocycles. The number of aromatic nitrogens is 1. The second kappa shape index (κ2) is 4.54. The normalized spacial score (nSPS) is 8.00. The number of hydrogen-bond acceptors (Lipinski definition) is 3. The summed E-state index contributed by atoms with van der Waals surface area (Å²) in [4.78, 5) is 13.5. The number of aromatic carboxylic acids is 1. The zero-order valence-corrected chi connectivity index (χ0v) is 8.81. The van der Waals surface area contributed by atoms with Crippen molar-refractivity contribution < 1.29 is 62.7 Å². The number of carboxylic acids is 1. The largest absolute Gasteiger partial charge is 1.00 e. The zero-order chi connectivity index (χ0) is 5.98. The number of thiazole rings is 1. The summed E-state index contributed by atoms with van der Waals surface area (Å²) in [6.45, 7) is 0. The zero-order valence-electron chi connectivity index (χ0n) is 5.87. The molecule has 1 rings (SSSR count). The second-order valence-corrected chi connectivity index (χ2v) is 2.04. The van der Waals surface area contributed by atoms with Gasteiger partial charge in [0.2, 0.25) is 5.01 Å². The molecule has 0 amide bonds. The van der Waals surface area contributed by atoms with Crippen molar-refractivity contribution in [1.29, 1.82) is 0 Å². The van der Waals surface area contributed by atoms with Gasteiger partial charge in [0, 0.05) is 11.6 Å². The summed E-state index contributed by atoms with van der Waals surface area (Å²) in [5.41, 5.74) is 0. The maximum atomic E-state index is 10.0. The van der Waals surface area contributed by atoms with Gasteiger partial charge in [-0.3, -0.25) is 0 Å². The number of hydrogen-bond donors (Lipinski definition) is 1. The number of carbonyl (C=O) groups is 1. The molecule has 0 unspecified atom stereocenters. The van der Waals surface area contributed by atoms with E-state index in [0.717, 1.165) is 11.3 Å². The minimum Gasteiger partial charge on any atom is -1.00 e. The Bertz CT molecular complexity index is 191. The van der Waals surface area contributed by atoms with Crippen LogP contribution in [0.4, 0.5) is 0 Å². The fraction of sp³-hybridized carbons (Fsp3) is 0. The molecule has 0 aromatic carbocycles. The molecule has 3 nitrogen and oxygen atoms in total. The summed E-state index contributed by atoms with van der Waals surface area (Å²) in [7, 11) is 0. The van der Waals surface area contributed by atoms with E-state index in [1.807, 2.05) is 0 Å². The van der Waals surface area contributed by atoms with Gasteiger partial charge in [0.05, 0.1) is 0 Å². The Hall–Kier alpha value is 0.736. The minimum absolute atomic E-state index is 0. The Labute approximate surface area is 100 Å². The van der Waals surface area contributed by atoms with E-state index in [0.29, 0.717) is 0 Å². The predicted molar refractivity (Wildman–Crippen MR) is 30.2 cm³/mol. The average molecular weight is 169 g/mol. The van der Waals surface area contributed by atoms with Crippen molar-refractivity contribution in [3.05, 3.63) is 16.6 Å². The molecule has 9 heavy (non-hydrogen) atoms. The number of nitrogens with zero attached hydrogens (tertiary/aromatic N) is 1. The molecule has 0 bridgehead atoms. The third-order valence-corrected chi connectivity index (χ3v) is 1.38. The summed E-state index contributed by atoms with van der Waals surface area (Å²) in [6, 6.07) is 0. The Balaban J connectivity index is 0. The SMILES string of the molecule is O=C(O)c1nccs1.[H-].[K+]. The van der Waals surface area contributed by atoms with Gasteiger partial charge in [-0.15, -0.1) is 11.3 Å². The second-order valence-electron chi connectivity index (χ2n) is 1.14. The smallest absolute Gasteiger partial charge is 1.00 e. The van der Waals surface area contributed by atoms with Crippen molar-refractivity contribution in [2.24, 2.45) is 0 Å². The van der Waals surface area contributed by atoms with E-state index in [9.17, 15) is 4.79 Å². The minimum atomic E-state index is -0.958. The first-order valence-electron chi connectivity index (χ1n) is 1.93. The summed E-state index contributed by atoms with van der Waals surface area (Å²) < 4.78 is 0. The van der Waals surface area contributed by atoms with Gasteiger partial charge in [-0.2, -0.15) is 0 Å². The molecule has 0 spiro atoms. The van der Waals surface area contributed by atoms with E-state index >= 15 is 0 Å². The monoisotopic (exact) mass is 169 g/mol. The van der Waals surface area contributed by atoms with Crippen molar-refractivity contribution in [3.8, 4) is 0 Å². The first kappa shape index (κ1) is 9.74. The van der Waals surface area contributed by atoms with Gasteiger partial charge in [0.15, 0.2) is 0 Å². The molecule has 1 aromatic rings. The van der Waals surface area contributed by atoms with Crippen LogP contribution in [0.1, 0.15) is 11.2 Å². The molecule has 5 heteroatoms. The van der Waals surface area contributed by atoms with Crippen molar-refractivity contribution in [1.82, 2.24) is 4.98 Å². The van der Waals surface area contributed by atoms with E-state index in [1.54, 1.807) is 5.38 Å². The van der Waals surface area contributed by atoms with E-state index in [2.05, 4.69) is 4.98 Å².